The summed E-state index contributed by atoms with van der Waals surface area (Å²) < 4.78 is 7.11. The lowest BCUT2D eigenvalue weighted by Gasteiger charge is -2.08. The number of ether oxygens (including phenoxy) is 1. The molecule has 0 N–H and O–H groups in total. The smallest absolute Gasteiger partial charge is 0.312 e. The predicted octanol–water partition coefficient (Wildman–Crippen LogP) is 5.81. The highest BCUT2D eigenvalue weighted by Crippen LogP contribution is 2.35. The maximum absolute atomic E-state index is 11.0. The Balaban J connectivity index is 2.35. The molecule has 0 saturated heterocycles. The van der Waals surface area contributed by atoms with Crippen LogP contribution in [0.25, 0.3) is 0 Å². The molecule has 0 atom stereocenters. The van der Waals surface area contributed by atoms with Crippen molar-refractivity contribution in [1.29, 1.82) is 0 Å². The fourth-order valence-corrected chi connectivity index (χ4v) is 3.26. The van der Waals surface area contributed by atoms with Crippen LogP contribution in [0.15, 0.2) is 45.3 Å². The van der Waals surface area contributed by atoms with Gasteiger partial charge in [0.25, 0.3) is 0 Å². The van der Waals surface area contributed by atoms with Gasteiger partial charge in [-0.1, -0.05) is 53.9 Å². The average molecular weight is 466 g/mol. The van der Waals surface area contributed by atoms with E-state index in [0.717, 1.165) is 10.0 Å². The highest BCUT2D eigenvalue weighted by molar-refractivity contribution is 9.11. The SMILES string of the molecule is O=[N+]([O-])c1cc(Br)ccc1Oc1ccc(CBr)c(Br)c1. The molecule has 0 aliphatic heterocycles. The summed E-state index contributed by atoms with van der Waals surface area (Å²) in [4.78, 5) is 10.6. The van der Waals surface area contributed by atoms with Crippen molar-refractivity contribution in [1.82, 2.24) is 0 Å². The number of nitro groups is 1. The summed E-state index contributed by atoms with van der Waals surface area (Å²) in [5.41, 5.74) is 0.989. The zero-order valence-corrected chi connectivity index (χ0v) is 14.7. The topological polar surface area (TPSA) is 52.4 Å². The summed E-state index contributed by atoms with van der Waals surface area (Å²) in [6.45, 7) is 0. The standard InChI is InChI=1S/C13H8Br3NO3/c14-7-8-1-3-10(6-11(8)16)20-13-4-2-9(15)5-12(13)17(18)19/h1-6H,7H2. The minimum atomic E-state index is -0.470. The van der Waals surface area contributed by atoms with Gasteiger partial charge in [0, 0.05) is 20.3 Å². The van der Waals surface area contributed by atoms with Crippen LogP contribution in [0.1, 0.15) is 5.56 Å². The van der Waals surface area contributed by atoms with E-state index >= 15 is 0 Å². The van der Waals surface area contributed by atoms with Crippen molar-refractivity contribution in [3.05, 3.63) is 61.0 Å². The minimum Gasteiger partial charge on any atom is -0.450 e. The fourth-order valence-electron chi connectivity index (χ4n) is 1.55. The van der Waals surface area contributed by atoms with Gasteiger partial charge in [-0.05, 0) is 29.8 Å². The molecule has 0 fully saturated rings. The number of nitrogens with zero attached hydrogens (tertiary/aromatic N) is 1. The Morgan fingerprint density at radius 3 is 2.50 bits per heavy atom. The second-order valence-corrected chi connectivity index (χ2v) is 6.19. The van der Waals surface area contributed by atoms with Crippen molar-refractivity contribution in [3.8, 4) is 11.5 Å². The van der Waals surface area contributed by atoms with E-state index < -0.39 is 4.92 Å². The minimum absolute atomic E-state index is 0.0833. The lowest BCUT2D eigenvalue weighted by Crippen LogP contribution is -1.94. The highest BCUT2D eigenvalue weighted by Gasteiger charge is 2.16. The van der Waals surface area contributed by atoms with Gasteiger partial charge in [0.15, 0.2) is 0 Å². The third kappa shape index (κ3) is 3.59. The van der Waals surface area contributed by atoms with Crippen LogP contribution >= 0.6 is 47.8 Å². The molecule has 0 unspecified atom stereocenters. The van der Waals surface area contributed by atoms with E-state index in [1.165, 1.54) is 6.07 Å². The van der Waals surface area contributed by atoms with E-state index in [2.05, 4.69) is 47.8 Å². The van der Waals surface area contributed by atoms with Crippen LogP contribution in [0.4, 0.5) is 5.69 Å². The Morgan fingerprint density at radius 1 is 1.15 bits per heavy atom. The fraction of sp³-hybridized carbons (Fsp3) is 0.0769. The van der Waals surface area contributed by atoms with E-state index in [4.69, 9.17) is 4.74 Å². The molecule has 2 aromatic rings. The first-order chi connectivity index (χ1) is 9.51. The van der Waals surface area contributed by atoms with Crippen LogP contribution < -0.4 is 4.74 Å². The van der Waals surface area contributed by atoms with E-state index in [1.807, 2.05) is 6.07 Å². The summed E-state index contributed by atoms with van der Waals surface area (Å²) in [5, 5.41) is 11.7. The molecular formula is C13H8Br3NO3. The molecule has 0 spiro atoms. The summed E-state index contributed by atoms with van der Waals surface area (Å²) in [7, 11) is 0. The Kier molecular flexibility index (Phi) is 5.17. The first-order valence-corrected chi connectivity index (χ1v) is 8.18. The number of hydrogen-bond acceptors (Lipinski definition) is 3. The number of halogens is 3. The van der Waals surface area contributed by atoms with Crippen molar-refractivity contribution in [3.63, 3.8) is 0 Å². The van der Waals surface area contributed by atoms with Gasteiger partial charge in [0.2, 0.25) is 5.75 Å². The third-order valence-corrected chi connectivity index (χ3v) is 4.35. The van der Waals surface area contributed by atoms with Crippen LogP contribution in [0, 0.1) is 10.1 Å². The van der Waals surface area contributed by atoms with Gasteiger partial charge in [0.05, 0.1) is 4.92 Å². The molecule has 0 aliphatic carbocycles. The Labute approximate surface area is 140 Å². The molecule has 104 valence electrons. The van der Waals surface area contributed by atoms with Crippen LogP contribution in [-0.4, -0.2) is 4.92 Å². The first kappa shape index (κ1) is 15.5. The van der Waals surface area contributed by atoms with Gasteiger partial charge >= 0.3 is 5.69 Å². The van der Waals surface area contributed by atoms with Crippen molar-refractivity contribution >= 4 is 53.5 Å². The molecule has 0 radical (unpaired) electrons. The second kappa shape index (κ2) is 6.69. The predicted molar refractivity (Wildman–Crippen MR) is 87.6 cm³/mol. The van der Waals surface area contributed by atoms with Crippen molar-refractivity contribution in [2.45, 2.75) is 5.33 Å². The van der Waals surface area contributed by atoms with Crippen molar-refractivity contribution in [2.75, 3.05) is 0 Å². The van der Waals surface area contributed by atoms with Gasteiger partial charge in [-0.3, -0.25) is 10.1 Å². The molecule has 0 heterocycles. The molecule has 0 aromatic heterocycles. The molecule has 20 heavy (non-hydrogen) atoms. The molecule has 0 aliphatic rings. The van der Waals surface area contributed by atoms with Gasteiger partial charge in [-0.2, -0.15) is 0 Å². The zero-order chi connectivity index (χ0) is 14.7. The summed E-state index contributed by atoms with van der Waals surface area (Å²) >= 11 is 10.0. The van der Waals surface area contributed by atoms with Gasteiger partial charge in [0.1, 0.15) is 5.75 Å². The van der Waals surface area contributed by atoms with E-state index in [1.54, 1.807) is 24.3 Å². The Morgan fingerprint density at radius 2 is 1.90 bits per heavy atom. The second-order valence-electron chi connectivity index (χ2n) is 3.86. The summed E-state index contributed by atoms with van der Waals surface area (Å²) in [5.74, 6) is 0.740. The Hall–Kier alpha value is -0.920. The third-order valence-electron chi connectivity index (χ3n) is 2.51. The molecular weight excluding hydrogens is 458 g/mol. The van der Waals surface area contributed by atoms with Crippen molar-refractivity contribution in [2.24, 2.45) is 0 Å². The molecule has 7 heteroatoms. The molecule has 4 nitrogen and oxygen atoms in total. The monoisotopic (exact) mass is 463 g/mol. The number of benzene rings is 2. The largest absolute Gasteiger partial charge is 0.450 e. The molecule has 0 saturated carbocycles. The lowest BCUT2D eigenvalue weighted by molar-refractivity contribution is -0.385. The quantitative estimate of drug-likeness (QED) is 0.325. The first-order valence-electron chi connectivity index (χ1n) is 5.47. The van der Waals surface area contributed by atoms with Crippen LogP contribution in [-0.2, 0) is 5.33 Å². The van der Waals surface area contributed by atoms with Gasteiger partial charge in [-0.15, -0.1) is 0 Å². The van der Waals surface area contributed by atoms with E-state index in [0.29, 0.717) is 15.6 Å². The van der Waals surface area contributed by atoms with Crippen LogP contribution in [0.3, 0.4) is 0 Å². The van der Waals surface area contributed by atoms with E-state index in [-0.39, 0.29) is 11.4 Å². The van der Waals surface area contributed by atoms with E-state index in [9.17, 15) is 10.1 Å². The Bertz CT molecular complexity index is 661. The highest BCUT2D eigenvalue weighted by atomic mass is 79.9. The number of rotatable bonds is 4. The lowest BCUT2D eigenvalue weighted by atomic mass is 10.2. The normalized spacial score (nSPS) is 10.3. The molecule has 0 amide bonds. The maximum atomic E-state index is 11.0. The summed E-state index contributed by atoms with van der Waals surface area (Å²) in [6, 6.07) is 10.1. The van der Waals surface area contributed by atoms with Crippen LogP contribution in [0.5, 0.6) is 11.5 Å². The molecule has 2 aromatic carbocycles. The van der Waals surface area contributed by atoms with Crippen molar-refractivity contribution < 1.29 is 9.66 Å². The van der Waals surface area contributed by atoms with Crippen LogP contribution in [0.2, 0.25) is 0 Å². The molecule has 0 bridgehead atoms. The van der Waals surface area contributed by atoms with Gasteiger partial charge in [-0.25, -0.2) is 0 Å². The number of hydrogen-bond donors (Lipinski definition) is 0. The van der Waals surface area contributed by atoms with Gasteiger partial charge < -0.3 is 4.74 Å². The average Bonchev–Trinajstić information content (AvgIpc) is 2.41. The zero-order valence-electron chi connectivity index (χ0n) is 9.98. The summed E-state index contributed by atoms with van der Waals surface area (Å²) in [6.07, 6.45) is 0. The number of alkyl halides is 1. The molecule has 2 rings (SSSR count). The number of nitro benzene ring substituents is 1. The maximum Gasteiger partial charge on any atom is 0.312 e.